The summed E-state index contributed by atoms with van der Waals surface area (Å²) in [5, 5.41) is 10.3. The van der Waals surface area contributed by atoms with E-state index in [1.807, 2.05) is 12.4 Å². The molecule has 0 amide bonds. The van der Waals surface area contributed by atoms with Crippen LogP contribution in [0, 0.1) is 0 Å². The Morgan fingerprint density at radius 1 is 1.17 bits per heavy atom. The van der Waals surface area contributed by atoms with Crippen molar-refractivity contribution in [1.29, 1.82) is 0 Å². The normalized spacial score (nSPS) is 16.8. The molecule has 2 heterocycles. The molecule has 0 radical (unpaired) electrons. The fourth-order valence-electron chi connectivity index (χ4n) is 2.49. The van der Waals surface area contributed by atoms with Gasteiger partial charge in [0.1, 0.15) is 0 Å². The van der Waals surface area contributed by atoms with Crippen molar-refractivity contribution in [2.75, 3.05) is 23.3 Å². The highest BCUT2D eigenvalue weighted by atomic mass is 15.2. The quantitative estimate of drug-likeness (QED) is 0.869. The number of aromatic amines is 1. The average molecular weight is 242 g/mol. The first-order valence-electron chi connectivity index (χ1n) is 6.47. The minimum atomic E-state index is 0.558. The van der Waals surface area contributed by atoms with Gasteiger partial charge in [-0.2, -0.15) is 5.10 Å². The molecule has 1 aliphatic rings. The molecular formula is C14H18N4. The number of para-hydroxylation sites is 1. The van der Waals surface area contributed by atoms with E-state index in [0.717, 1.165) is 18.8 Å². The van der Waals surface area contributed by atoms with Gasteiger partial charge >= 0.3 is 0 Å². The van der Waals surface area contributed by atoms with Crippen LogP contribution in [0.2, 0.25) is 0 Å². The minimum Gasteiger partial charge on any atom is -0.380 e. The van der Waals surface area contributed by atoms with Gasteiger partial charge in [0, 0.05) is 31.0 Å². The molecule has 94 valence electrons. The molecule has 0 spiro atoms. The van der Waals surface area contributed by atoms with Gasteiger partial charge in [0.05, 0.1) is 11.9 Å². The van der Waals surface area contributed by atoms with Crippen LogP contribution in [0.15, 0.2) is 42.7 Å². The van der Waals surface area contributed by atoms with Crippen molar-refractivity contribution < 1.29 is 0 Å². The van der Waals surface area contributed by atoms with Gasteiger partial charge in [0.15, 0.2) is 0 Å². The third-order valence-electron chi connectivity index (χ3n) is 3.49. The number of rotatable bonds is 3. The van der Waals surface area contributed by atoms with Crippen molar-refractivity contribution in [3.8, 4) is 0 Å². The van der Waals surface area contributed by atoms with Crippen LogP contribution in [0.1, 0.15) is 12.8 Å². The molecule has 2 N–H and O–H groups in total. The maximum atomic E-state index is 3.95. The van der Waals surface area contributed by atoms with Crippen LogP contribution in [0.25, 0.3) is 0 Å². The Bertz CT molecular complexity index is 458. The molecule has 4 heteroatoms. The summed E-state index contributed by atoms with van der Waals surface area (Å²) < 4.78 is 0. The number of benzene rings is 1. The summed E-state index contributed by atoms with van der Waals surface area (Å²) in [7, 11) is 0. The Morgan fingerprint density at radius 3 is 2.61 bits per heavy atom. The molecule has 1 saturated heterocycles. The lowest BCUT2D eigenvalue weighted by atomic mass is 10.0. The predicted molar refractivity (Wildman–Crippen MR) is 73.9 cm³/mol. The zero-order chi connectivity index (χ0) is 12.2. The lowest BCUT2D eigenvalue weighted by Crippen LogP contribution is -2.39. The second-order valence-corrected chi connectivity index (χ2v) is 4.73. The number of H-pyrrole nitrogens is 1. The van der Waals surface area contributed by atoms with E-state index in [4.69, 9.17) is 0 Å². The molecule has 1 aromatic heterocycles. The second-order valence-electron chi connectivity index (χ2n) is 4.73. The maximum absolute atomic E-state index is 3.95. The SMILES string of the molecule is c1ccc(N2CCC(Nc3cn[nH]c3)CC2)cc1. The van der Waals surface area contributed by atoms with Crippen LogP contribution >= 0.6 is 0 Å². The molecule has 1 fully saturated rings. The van der Waals surface area contributed by atoms with Crippen molar-refractivity contribution in [3.05, 3.63) is 42.7 Å². The Labute approximate surface area is 107 Å². The molecule has 18 heavy (non-hydrogen) atoms. The van der Waals surface area contributed by atoms with Crippen LogP contribution in [0.5, 0.6) is 0 Å². The molecule has 4 nitrogen and oxygen atoms in total. The first kappa shape index (κ1) is 11.1. The summed E-state index contributed by atoms with van der Waals surface area (Å²) in [6, 6.07) is 11.2. The van der Waals surface area contributed by atoms with Crippen molar-refractivity contribution in [3.63, 3.8) is 0 Å². The Kier molecular flexibility index (Phi) is 3.17. The van der Waals surface area contributed by atoms with E-state index < -0.39 is 0 Å². The van der Waals surface area contributed by atoms with Crippen molar-refractivity contribution >= 4 is 11.4 Å². The molecule has 0 saturated carbocycles. The first-order chi connectivity index (χ1) is 8.92. The van der Waals surface area contributed by atoms with E-state index >= 15 is 0 Å². The number of piperidine rings is 1. The van der Waals surface area contributed by atoms with Crippen molar-refractivity contribution in [1.82, 2.24) is 10.2 Å². The van der Waals surface area contributed by atoms with Gasteiger partial charge in [0.2, 0.25) is 0 Å². The average Bonchev–Trinajstić information content (AvgIpc) is 2.94. The van der Waals surface area contributed by atoms with Gasteiger partial charge in [-0.25, -0.2) is 0 Å². The molecule has 3 rings (SSSR count). The van der Waals surface area contributed by atoms with Gasteiger partial charge in [-0.05, 0) is 25.0 Å². The molecule has 0 atom stereocenters. The van der Waals surface area contributed by atoms with E-state index in [1.165, 1.54) is 18.5 Å². The number of anilines is 2. The van der Waals surface area contributed by atoms with Crippen LogP contribution in [0.3, 0.4) is 0 Å². The number of hydrogen-bond donors (Lipinski definition) is 2. The number of hydrogen-bond acceptors (Lipinski definition) is 3. The lowest BCUT2D eigenvalue weighted by Gasteiger charge is -2.34. The highest BCUT2D eigenvalue weighted by molar-refractivity contribution is 5.47. The molecule has 0 bridgehead atoms. The molecule has 1 aromatic carbocycles. The topological polar surface area (TPSA) is 44.0 Å². The van der Waals surface area contributed by atoms with E-state index in [2.05, 4.69) is 50.7 Å². The fourth-order valence-corrected chi connectivity index (χ4v) is 2.49. The number of nitrogens with one attached hydrogen (secondary N) is 2. The van der Waals surface area contributed by atoms with Gasteiger partial charge in [-0.15, -0.1) is 0 Å². The molecule has 1 aliphatic heterocycles. The molecule has 2 aromatic rings. The van der Waals surface area contributed by atoms with Gasteiger partial charge in [-0.3, -0.25) is 5.10 Å². The minimum absolute atomic E-state index is 0.558. The number of nitrogens with zero attached hydrogens (tertiary/aromatic N) is 2. The van der Waals surface area contributed by atoms with E-state index in [9.17, 15) is 0 Å². The van der Waals surface area contributed by atoms with Crippen LogP contribution < -0.4 is 10.2 Å². The van der Waals surface area contributed by atoms with Gasteiger partial charge in [0.25, 0.3) is 0 Å². The zero-order valence-electron chi connectivity index (χ0n) is 10.3. The molecule has 0 aliphatic carbocycles. The van der Waals surface area contributed by atoms with Crippen molar-refractivity contribution in [2.24, 2.45) is 0 Å². The monoisotopic (exact) mass is 242 g/mol. The Balaban J connectivity index is 1.55. The van der Waals surface area contributed by atoms with Gasteiger partial charge < -0.3 is 10.2 Å². The molecule has 0 unspecified atom stereocenters. The summed E-state index contributed by atoms with van der Waals surface area (Å²) in [6.07, 6.45) is 6.08. The summed E-state index contributed by atoms with van der Waals surface area (Å²) in [5.41, 5.74) is 2.42. The van der Waals surface area contributed by atoms with E-state index in [-0.39, 0.29) is 0 Å². The van der Waals surface area contributed by atoms with E-state index in [1.54, 1.807) is 0 Å². The lowest BCUT2D eigenvalue weighted by molar-refractivity contribution is 0.527. The standard InChI is InChI=1S/C14H18N4/c1-2-4-14(5-3-1)18-8-6-12(7-9-18)17-13-10-15-16-11-13/h1-5,10-12,17H,6-9H2,(H,15,16). The summed E-state index contributed by atoms with van der Waals surface area (Å²) in [6.45, 7) is 2.22. The summed E-state index contributed by atoms with van der Waals surface area (Å²) >= 11 is 0. The van der Waals surface area contributed by atoms with Gasteiger partial charge in [-0.1, -0.05) is 18.2 Å². The smallest absolute Gasteiger partial charge is 0.0725 e. The number of aromatic nitrogens is 2. The van der Waals surface area contributed by atoms with Crippen LogP contribution in [-0.4, -0.2) is 29.3 Å². The maximum Gasteiger partial charge on any atom is 0.0725 e. The zero-order valence-corrected chi connectivity index (χ0v) is 10.3. The third-order valence-corrected chi connectivity index (χ3v) is 3.49. The third kappa shape index (κ3) is 2.47. The Morgan fingerprint density at radius 2 is 1.94 bits per heavy atom. The summed E-state index contributed by atoms with van der Waals surface area (Å²) in [4.78, 5) is 2.45. The highest BCUT2D eigenvalue weighted by Gasteiger charge is 2.19. The Hall–Kier alpha value is -1.97. The van der Waals surface area contributed by atoms with Crippen molar-refractivity contribution in [2.45, 2.75) is 18.9 Å². The molecular weight excluding hydrogens is 224 g/mol. The van der Waals surface area contributed by atoms with Crippen LogP contribution in [0.4, 0.5) is 11.4 Å². The largest absolute Gasteiger partial charge is 0.380 e. The van der Waals surface area contributed by atoms with E-state index in [0.29, 0.717) is 6.04 Å². The summed E-state index contributed by atoms with van der Waals surface area (Å²) in [5.74, 6) is 0. The van der Waals surface area contributed by atoms with Crippen LogP contribution in [-0.2, 0) is 0 Å². The predicted octanol–water partition coefficient (Wildman–Crippen LogP) is 2.49. The first-order valence-corrected chi connectivity index (χ1v) is 6.47. The fraction of sp³-hybridized carbons (Fsp3) is 0.357. The highest BCUT2D eigenvalue weighted by Crippen LogP contribution is 2.21. The second kappa shape index (κ2) is 5.12.